The van der Waals surface area contributed by atoms with Crippen LogP contribution in [0.3, 0.4) is 0 Å². The maximum atomic E-state index is 13.4. The van der Waals surface area contributed by atoms with Crippen LogP contribution in [0, 0.1) is 0 Å². The molecular formula is C88H167NO13. The lowest BCUT2D eigenvalue weighted by atomic mass is 9.97. The molecule has 0 spiro atoms. The van der Waals surface area contributed by atoms with Crippen LogP contribution in [0.4, 0.5) is 0 Å². The topological polar surface area (TPSA) is 228 Å². The van der Waals surface area contributed by atoms with Crippen LogP contribution in [0.5, 0.6) is 0 Å². The maximum absolute atomic E-state index is 13.4. The Morgan fingerprint density at radius 3 is 0.961 bits per heavy atom. The van der Waals surface area contributed by atoms with Gasteiger partial charge in [-0.2, -0.15) is 0 Å². The van der Waals surface area contributed by atoms with Crippen LogP contribution in [-0.2, 0) is 23.7 Å². The molecule has 0 aromatic carbocycles. The average molecular weight is 1450 g/mol. The van der Waals surface area contributed by atoms with Crippen molar-refractivity contribution in [3.8, 4) is 0 Å². The lowest BCUT2D eigenvalue weighted by Gasteiger charge is -2.46. The average Bonchev–Trinajstić information content (AvgIpc) is 0.790. The highest BCUT2D eigenvalue weighted by Gasteiger charge is 2.51. The molecule has 2 aliphatic heterocycles. The molecule has 12 unspecified atom stereocenters. The number of amides is 1. The molecule has 0 aliphatic carbocycles. The lowest BCUT2D eigenvalue weighted by molar-refractivity contribution is -0.359. The molecule has 102 heavy (non-hydrogen) atoms. The van der Waals surface area contributed by atoms with Crippen molar-refractivity contribution < 1.29 is 64.6 Å². The summed E-state index contributed by atoms with van der Waals surface area (Å²) >= 11 is 0. The maximum Gasteiger partial charge on any atom is 0.220 e. The van der Waals surface area contributed by atoms with E-state index < -0.39 is 86.8 Å². The Hall–Kier alpha value is -1.79. The molecule has 14 nitrogen and oxygen atoms in total. The number of rotatable bonds is 76. The molecule has 14 heteroatoms. The normalized spacial score (nSPS) is 21.7. The van der Waals surface area contributed by atoms with E-state index >= 15 is 0 Å². The summed E-state index contributed by atoms with van der Waals surface area (Å²) in [4.78, 5) is 13.4. The van der Waals surface area contributed by atoms with E-state index in [-0.39, 0.29) is 18.9 Å². The van der Waals surface area contributed by atoms with Gasteiger partial charge in [-0.1, -0.05) is 410 Å². The number of unbranched alkanes of at least 4 members (excludes halogenated alkanes) is 59. The summed E-state index contributed by atoms with van der Waals surface area (Å²) in [6.07, 6.45) is 79.9. The van der Waals surface area contributed by atoms with E-state index in [2.05, 4.69) is 43.5 Å². The number of carbonyl (C=O) groups excluding carboxylic acids is 1. The Balaban J connectivity index is 1.59. The molecule has 2 heterocycles. The number of carbonyl (C=O) groups is 1. The minimum atomic E-state index is -1.79. The van der Waals surface area contributed by atoms with Gasteiger partial charge in [0, 0.05) is 6.42 Å². The summed E-state index contributed by atoms with van der Waals surface area (Å²) in [6, 6.07) is -0.939. The third-order valence-electron chi connectivity index (χ3n) is 21.8. The summed E-state index contributed by atoms with van der Waals surface area (Å²) < 4.78 is 22.9. The quantitative estimate of drug-likeness (QED) is 0.0204. The second-order valence-electron chi connectivity index (χ2n) is 31.4. The van der Waals surface area contributed by atoms with Crippen molar-refractivity contribution in [3.63, 3.8) is 0 Å². The number of hydrogen-bond donors (Lipinski definition) is 9. The van der Waals surface area contributed by atoms with Gasteiger partial charge in [0.25, 0.3) is 0 Å². The van der Waals surface area contributed by atoms with E-state index in [1.54, 1.807) is 6.08 Å². The largest absolute Gasteiger partial charge is 0.394 e. The molecule has 2 fully saturated rings. The first-order valence-corrected chi connectivity index (χ1v) is 44.2. The smallest absolute Gasteiger partial charge is 0.220 e. The zero-order chi connectivity index (χ0) is 73.7. The van der Waals surface area contributed by atoms with E-state index in [4.69, 9.17) is 18.9 Å². The minimum absolute atomic E-state index is 0.244. The van der Waals surface area contributed by atoms with Crippen molar-refractivity contribution >= 4 is 5.91 Å². The molecule has 0 radical (unpaired) electrons. The fourth-order valence-electron chi connectivity index (χ4n) is 14.9. The number of nitrogens with one attached hydrogen (secondary N) is 1. The lowest BCUT2D eigenvalue weighted by Crippen LogP contribution is -2.65. The first kappa shape index (κ1) is 96.3. The van der Waals surface area contributed by atoms with Gasteiger partial charge in [-0.15, -0.1) is 0 Å². The van der Waals surface area contributed by atoms with Gasteiger partial charge in [0.1, 0.15) is 48.8 Å². The minimum Gasteiger partial charge on any atom is -0.394 e. The number of ether oxygens (including phenoxy) is 4. The van der Waals surface area contributed by atoms with Gasteiger partial charge in [0.15, 0.2) is 12.6 Å². The van der Waals surface area contributed by atoms with E-state index in [0.717, 1.165) is 44.9 Å². The zero-order valence-electron chi connectivity index (χ0n) is 66.4. The van der Waals surface area contributed by atoms with Crippen molar-refractivity contribution in [3.05, 3.63) is 36.5 Å². The van der Waals surface area contributed by atoms with Gasteiger partial charge in [-0.3, -0.25) is 4.79 Å². The Morgan fingerprint density at radius 2 is 0.627 bits per heavy atom. The standard InChI is InChI=1S/C88H167NO13/c1-3-5-7-9-11-13-15-17-19-21-23-25-27-29-31-33-35-37-38-39-40-42-44-46-48-50-52-54-56-58-60-62-64-66-68-70-72-80(93)89-76(75-99-87-85(98)83(96)86(79(74-91)101-87)102-88-84(97)82(95)81(94)78(73-90)100-88)77(92)71-69-67-65-63-61-59-57-55-53-51-49-47-45-43-41-36-34-32-30-28-26-24-22-20-18-16-14-12-10-8-6-4-2/h53,55,61,63,69,71,76-79,81-88,90-92,94-98H,3-52,54,56-60,62,64-68,70,72-75H2,1-2H3,(H,89,93)/b55-53+,63-61+,71-69+. The molecule has 2 aliphatic rings. The van der Waals surface area contributed by atoms with Gasteiger partial charge >= 0.3 is 0 Å². The Kier molecular flexibility index (Phi) is 68.1. The first-order chi connectivity index (χ1) is 50.1. The number of aliphatic hydroxyl groups is 8. The molecule has 12 atom stereocenters. The van der Waals surface area contributed by atoms with Gasteiger partial charge in [-0.05, 0) is 44.9 Å². The third-order valence-corrected chi connectivity index (χ3v) is 21.8. The van der Waals surface area contributed by atoms with Crippen LogP contribution in [0.2, 0.25) is 0 Å². The molecule has 0 aromatic rings. The number of aliphatic hydroxyl groups excluding tert-OH is 8. The summed E-state index contributed by atoms with van der Waals surface area (Å²) in [5.41, 5.74) is 0. The van der Waals surface area contributed by atoms with Gasteiger partial charge in [0.2, 0.25) is 5.91 Å². The third kappa shape index (κ3) is 53.9. The fourth-order valence-corrected chi connectivity index (χ4v) is 14.9. The first-order valence-electron chi connectivity index (χ1n) is 44.2. The Bertz CT molecular complexity index is 1850. The molecule has 2 rings (SSSR count). The monoisotopic (exact) mass is 1450 g/mol. The van der Waals surface area contributed by atoms with Crippen LogP contribution in [0.25, 0.3) is 0 Å². The molecule has 9 N–H and O–H groups in total. The molecule has 0 saturated carbocycles. The fraction of sp³-hybridized carbons (Fsp3) is 0.920. The highest BCUT2D eigenvalue weighted by atomic mass is 16.7. The van der Waals surface area contributed by atoms with Crippen LogP contribution in [0.1, 0.15) is 425 Å². The molecule has 1 amide bonds. The second-order valence-corrected chi connectivity index (χ2v) is 31.4. The van der Waals surface area contributed by atoms with Gasteiger partial charge in [0.05, 0.1) is 32.0 Å². The van der Waals surface area contributed by atoms with Gasteiger partial charge < -0.3 is 65.1 Å². The van der Waals surface area contributed by atoms with Crippen LogP contribution >= 0.6 is 0 Å². The molecule has 602 valence electrons. The van der Waals surface area contributed by atoms with Crippen LogP contribution < -0.4 is 5.32 Å². The molecule has 0 aromatic heterocycles. The summed E-state index contributed by atoms with van der Waals surface area (Å²) in [7, 11) is 0. The second kappa shape index (κ2) is 72.1. The summed E-state index contributed by atoms with van der Waals surface area (Å²) in [5.74, 6) is -0.244. The van der Waals surface area contributed by atoms with E-state index in [1.807, 2.05) is 6.08 Å². The SMILES string of the molecule is CCCCCCCCCCCCCCCCCCCCCCCC/C=C/CC/C=C/CC/C=C/C(O)C(COC1OC(CO)C(OC2OC(CO)C(O)C(O)C2O)C(O)C1O)NC(=O)CCCCCCCCCCCCCCCCCCCCCCCCCCCCCCCCCCCCCC. The molecular weight excluding hydrogens is 1280 g/mol. The predicted octanol–water partition coefficient (Wildman–Crippen LogP) is 21.1. The van der Waals surface area contributed by atoms with Crippen LogP contribution in [-0.4, -0.2) is 140 Å². The van der Waals surface area contributed by atoms with Crippen molar-refractivity contribution in [2.24, 2.45) is 0 Å². The Morgan fingerprint density at radius 1 is 0.343 bits per heavy atom. The van der Waals surface area contributed by atoms with Gasteiger partial charge in [-0.25, -0.2) is 0 Å². The van der Waals surface area contributed by atoms with Crippen LogP contribution in [0.15, 0.2) is 36.5 Å². The van der Waals surface area contributed by atoms with E-state index in [0.29, 0.717) is 12.8 Å². The zero-order valence-corrected chi connectivity index (χ0v) is 66.4. The highest BCUT2D eigenvalue weighted by molar-refractivity contribution is 5.76. The molecule has 0 bridgehead atoms. The van der Waals surface area contributed by atoms with Crippen molar-refractivity contribution in [1.29, 1.82) is 0 Å². The molecule has 2 saturated heterocycles. The van der Waals surface area contributed by atoms with Crippen molar-refractivity contribution in [1.82, 2.24) is 5.32 Å². The van der Waals surface area contributed by atoms with Crippen molar-refractivity contribution in [2.75, 3.05) is 19.8 Å². The van der Waals surface area contributed by atoms with E-state index in [1.165, 1.54) is 347 Å². The number of hydrogen-bond acceptors (Lipinski definition) is 13. The van der Waals surface area contributed by atoms with E-state index in [9.17, 15) is 45.6 Å². The predicted molar refractivity (Wildman–Crippen MR) is 425 cm³/mol. The summed E-state index contributed by atoms with van der Waals surface area (Å²) in [5, 5.41) is 87.8. The number of allylic oxidation sites excluding steroid dienone is 5. The highest BCUT2D eigenvalue weighted by Crippen LogP contribution is 2.31. The Labute approximate surface area is 627 Å². The summed E-state index contributed by atoms with van der Waals surface area (Å²) in [6.45, 7) is 2.85. The van der Waals surface area contributed by atoms with Crippen molar-refractivity contribution in [2.45, 2.75) is 498 Å².